The summed E-state index contributed by atoms with van der Waals surface area (Å²) in [6.07, 6.45) is 5.41. The second-order valence-corrected chi connectivity index (χ2v) is 5.71. The van der Waals surface area contributed by atoms with Crippen molar-refractivity contribution in [1.29, 1.82) is 0 Å². The largest absolute Gasteiger partial charge is 0.492 e. The highest BCUT2D eigenvalue weighted by Crippen LogP contribution is 2.35. The molecule has 0 bridgehead atoms. The van der Waals surface area contributed by atoms with Crippen LogP contribution in [0.3, 0.4) is 0 Å². The minimum Gasteiger partial charge on any atom is -0.492 e. The van der Waals surface area contributed by atoms with Gasteiger partial charge in [0.15, 0.2) is 5.78 Å². The molecule has 2 heteroatoms. The van der Waals surface area contributed by atoms with Crippen LogP contribution in [0.1, 0.15) is 48.5 Å². The number of ketones is 1. The van der Waals surface area contributed by atoms with Crippen molar-refractivity contribution in [2.24, 2.45) is 11.8 Å². The minimum absolute atomic E-state index is 0.219. The number of carbonyl (C=O) groups is 1. The maximum absolute atomic E-state index is 12.6. The highest BCUT2D eigenvalue weighted by atomic mass is 16.5. The van der Waals surface area contributed by atoms with E-state index in [9.17, 15) is 4.79 Å². The minimum atomic E-state index is 0.219. The van der Waals surface area contributed by atoms with Crippen LogP contribution in [0, 0.1) is 11.8 Å². The van der Waals surface area contributed by atoms with E-state index in [-0.39, 0.29) is 5.92 Å². The van der Waals surface area contributed by atoms with E-state index in [1.807, 2.05) is 12.1 Å². The lowest BCUT2D eigenvalue weighted by Gasteiger charge is -2.25. The second kappa shape index (κ2) is 4.75. The average molecular weight is 244 g/mol. The van der Waals surface area contributed by atoms with E-state index in [1.54, 1.807) is 0 Å². The molecule has 2 aliphatic rings. The zero-order valence-corrected chi connectivity index (χ0v) is 10.9. The van der Waals surface area contributed by atoms with E-state index < -0.39 is 0 Å². The summed E-state index contributed by atoms with van der Waals surface area (Å²) in [6.45, 7) is 3.01. The Bertz CT molecular complexity index is 456. The summed E-state index contributed by atoms with van der Waals surface area (Å²) in [5, 5.41) is 0. The predicted molar refractivity (Wildman–Crippen MR) is 71.1 cm³/mol. The second-order valence-electron chi connectivity index (χ2n) is 5.71. The third kappa shape index (κ3) is 2.05. The van der Waals surface area contributed by atoms with Crippen molar-refractivity contribution >= 4 is 5.78 Å². The molecule has 2 nitrogen and oxygen atoms in total. The van der Waals surface area contributed by atoms with Gasteiger partial charge in [0.25, 0.3) is 0 Å². The summed E-state index contributed by atoms with van der Waals surface area (Å²) in [6, 6.07) is 6.00. The Morgan fingerprint density at radius 3 is 2.78 bits per heavy atom. The van der Waals surface area contributed by atoms with Gasteiger partial charge in [-0.3, -0.25) is 4.79 Å². The van der Waals surface area contributed by atoms with Crippen LogP contribution in [0.25, 0.3) is 0 Å². The molecule has 1 saturated carbocycles. The van der Waals surface area contributed by atoms with Gasteiger partial charge in [0.1, 0.15) is 5.75 Å². The molecule has 96 valence electrons. The van der Waals surface area contributed by atoms with E-state index >= 15 is 0 Å². The van der Waals surface area contributed by atoms with Crippen molar-refractivity contribution in [1.82, 2.24) is 0 Å². The summed E-state index contributed by atoms with van der Waals surface area (Å²) in [5.74, 6) is 2.17. The topological polar surface area (TPSA) is 26.3 Å². The zero-order valence-electron chi connectivity index (χ0n) is 10.9. The number of benzene rings is 1. The Labute approximate surface area is 108 Å². The Morgan fingerprint density at radius 1 is 1.22 bits per heavy atom. The van der Waals surface area contributed by atoms with Gasteiger partial charge in [-0.25, -0.2) is 0 Å². The molecule has 1 aliphatic heterocycles. The summed E-state index contributed by atoms with van der Waals surface area (Å²) < 4.78 is 5.64. The molecule has 18 heavy (non-hydrogen) atoms. The van der Waals surface area contributed by atoms with Gasteiger partial charge in [-0.2, -0.15) is 0 Å². The third-order valence-electron chi connectivity index (χ3n) is 4.37. The smallest absolute Gasteiger partial charge is 0.169 e. The van der Waals surface area contributed by atoms with Crippen LogP contribution in [0.2, 0.25) is 0 Å². The number of para-hydroxylation sites is 1. The third-order valence-corrected chi connectivity index (χ3v) is 4.37. The Balaban J connectivity index is 1.83. The van der Waals surface area contributed by atoms with Gasteiger partial charge in [0.2, 0.25) is 0 Å². The van der Waals surface area contributed by atoms with E-state index in [0.717, 1.165) is 43.1 Å². The maximum Gasteiger partial charge on any atom is 0.169 e. The molecule has 0 radical (unpaired) electrons. The molecule has 1 aromatic carbocycles. The van der Waals surface area contributed by atoms with E-state index in [1.165, 1.54) is 18.4 Å². The lowest BCUT2D eigenvalue weighted by molar-refractivity contribution is 0.0872. The molecule has 1 aromatic rings. The molecular formula is C16H20O2. The van der Waals surface area contributed by atoms with Crippen molar-refractivity contribution in [3.8, 4) is 5.75 Å². The SMILES string of the molecule is CC1CCC(C(=O)c2cccc3c2OCC3)CC1. The lowest BCUT2D eigenvalue weighted by atomic mass is 9.79. The Kier molecular flexibility index (Phi) is 3.11. The first-order valence-corrected chi connectivity index (χ1v) is 7.04. The summed E-state index contributed by atoms with van der Waals surface area (Å²) in [4.78, 5) is 12.6. The van der Waals surface area contributed by atoms with E-state index in [2.05, 4.69) is 13.0 Å². The molecule has 0 N–H and O–H groups in total. The van der Waals surface area contributed by atoms with Crippen molar-refractivity contribution < 1.29 is 9.53 Å². The maximum atomic E-state index is 12.6. The molecule has 1 aliphatic carbocycles. The van der Waals surface area contributed by atoms with E-state index in [0.29, 0.717) is 5.78 Å². The standard InChI is InChI=1S/C16H20O2/c1-11-5-7-12(8-6-11)15(17)14-4-2-3-13-9-10-18-16(13)14/h2-4,11-12H,5-10H2,1H3. The number of hydrogen-bond acceptors (Lipinski definition) is 2. The van der Waals surface area contributed by atoms with Gasteiger partial charge in [-0.15, -0.1) is 0 Å². The van der Waals surface area contributed by atoms with Crippen LogP contribution in [-0.2, 0) is 6.42 Å². The van der Waals surface area contributed by atoms with Crippen molar-refractivity contribution in [2.75, 3.05) is 6.61 Å². The molecule has 3 rings (SSSR count). The fourth-order valence-corrected chi connectivity index (χ4v) is 3.15. The summed E-state index contributed by atoms with van der Waals surface area (Å²) in [5.41, 5.74) is 2.02. The molecular weight excluding hydrogens is 224 g/mol. The van der Waals surface area contributed by atoms with Gasteiger partial charge in [-0.05, 0) is 30.4 Å². The highest BCUT2D eigenvalue weighted by molar-refractivity contribution is 6.00. The molecule has 0 aromatic heterocycles. The average Bonchev–Trinajstić information content (AvgIpc) is 2.87. The van der Waals surface area contributed by atoms with Gasteiger partial charge >= 0.3 is 0 Å². The zero-order chi connectivity index (χ0) is 12.5. The molecule has 0 spiro atoms. The first-order valence-electron chi connectivity index (χ1n) is 7.04. The fourth-order valence-electron chi connectivity index (χ4n) is 3.15. The quantitative estimate of drug-likeness (QED) is 0.743. The first kappa shape index (κ1) is 11.8. The number of hydrogen-bond donors (Lipinski definition) is 0. The van der Waals surface area contributed by atoms with Crippen molar-refractivity contribution in [3.05, 3.63) is 29.3 Å². The molecule has 0 amide bonds. The molecule has 1 fully saturated rings. The van der Waals surface area contributed by atoms with Crippen LogP contribution in [0.5, 0.6) is 5.75 Å². The highest BCUT2D eigenvalue weighted by Gasteiger charge is 2.28. The number of Topliss-reactive ketones (excluding diaryl/α,β-unsaturated/α-hetero) is 1. The number of fused-ring (bicyclic) bond motifs is 1. The predicted octanol–water partition coefficient (Wildman–Crippen LogP) is 3.63. The fraction of sp³-hybridized carbons (Fsp3) is 0.562. The van der Waals surface area contributed by atoms with Crippen molar-refractivity contribution in [2.45, 2.75) is 39.0 Å². The Hall–Kier alpha value is -1.31. The summed E-state index contributed by atoms with van der Waals surface area (Å²) >= 11 is 0. The van der Waals surface area contributed by atoms with Gasteiger partial charge < -0.3 is 4.74 Å². The number of ether oxygens (including phenoxy) is 1. The normalized spacial score (nSPS) is 26.5. The van der Waals surface area contributed by atoms with Gasteiger partial charge in [-0.1, -0.05) is 31.9 Å². The van der Waals surface area contributed by atoms with Crippen LogP contribution in [-0.4, -0.2) is 12.4 Å². The first-order chi connectivity index (χ1) is 8.75. The van der Waals surface area contributed by atoms with Gasteiger partial charge in [0, 0.05) is 12.3 Å². The molecule has 1 heterocycles. The molecule has 0 unspecified atom stereocenters. The van der Waals surface area contributed by atoms with Crippen LogP contribution < -0.4 is 4.74 Å². The number of carbonyl (C=O) groups excluding carboxylic acids is 1. The van der Waals surface area contributed by atoms with Crippen LogP contribution >= 0.6 is 0 Å². The molecule has 0 atom stereocenters. The van der Waals surface area contributed by atoms with Crippen LogP contribution in [0.15, 0.2) is 18.2 Å². The lowest BCUT2D eigenvalue weighted by Crippen LogP contribution is -2.21. The Morgan fingerprint density at radius 2 is 2.00 bits per heavy atom. The number of rotatable bonds is 2. The monoisotopic (exact) mass is 244 g/mol. The van der Waals surface area contributed by atoms with E-state index in [4.69, 9.17) is 4.74 Å². The summed E-state index contributed by atoms with van der Waals surface area (Å²) in [7, 11) is 0. The molecule has 0 saturated heterocycles. The van der Waals surface area contributed by atoms with Crippen LogP contribution in [0.4, 0.5) is 0 Å². The van der Waals surface area contributed by atoms with Crippen molar-refractivity contribution in [3.63, 3.8) is 0 Å². The van der Waals surface area contributed by atoms with Gasteiger partial charge in [0.05, 0.1) is 12.2 Å².